The van der Waals surface area contributed by atoms with Crippen molar-refractivity contribution in [2.45, 2.75) is 30.4 Å². The summed E-state index contributed by atoms with van der Waals surface area (Å²) in [5.41, 5.74) is -0.959. The van der Waals surface area contributed by atoms with E-state index < -0.39 is 21.4 Å². The van der Waals surface area contributed by atoms with Crippen molar-refractivity contribution < 1.29 is 18.3 Å². The van der Waals surface area contributed by atoms with Crippen molar-refractivity contribution in [2.24, 2.45) is 5.41 Å². The highest BCUT2D eigenvalue weighted by Gasteiger charge is 2.44. The fraction of sp³-hybridized carbons (Fsp3) is 0.583. The van der Waals surface area contributed by atoms with Crippen LogP contribution in [0.25, 0.3) is 0 Å². The molecule has 1 aliphatic rings. The predicted octanol–water partition coefficient (Wildman–Crippen LogP) is 2.78. The van der Waals surface area contributed by atoms with Crippen molar-refractivity contribution in [3.63, 3.8) is 0 Å². The fourth-order valence-electron chi connectivity index (χ4n) is 2.47. The molecule has 0 spiro atoms. The SMILES string of the molecule is CCC1(C(=O)O)CCCN(S(=O)(=O)c2ccc(Br)s2)C1. The Morgan fingerprint density at radius 2 is 2.25 bits per heavy atom. The van der Waals surface area contributed by atoms with Gasteiger partial charge in [-0.25, -0.2) is 8.42 Å². The Bertz CT molecular complexity index is 613. The third-order valence-electron chi connectivity index (χ3n) is 3.82. The number of thiophene rings is 1. The lowest BCUT2D eigenvalue weighted by molar-refractivity contribution is -0.151. The largest absolute Gasteiger partial charge is 0.481 e. The van der Waals surface area contributed by atoms with Crippen LogP contribution in [-0.2, 0) is 14.8 Å². The Morgan fingerprint density at radius 1 is 1.55 bits per heavy atom. The van der Waals surface area contributed by atoms with E-state index >= 15 is 0 Å². The van der Waals surface area contributed by atoms with Crippen molar-refractivity contribution in [1.82, 2.24) is 4.31 Å². The van der Waals surface area contributed by atoms with Crippen LogP contribution < -0.4 is 0 Å². The first kappa shape index (κ1) is 15.9. The van der Waals surface area contributed by atoms with Gasteiger partial charge >= 0.3 is 5.97 Å². The summed E-state index contributed by atoms with van der Waals surface area (Å²) in [6.45, 7) is 2.23. The standard InChI is InChI=1S/C12H16BrNO4S2/c1-2-12(11(15)16)6-3-7-14(8-12)20(17,18)10-5-4-9(13)19-10/h4-5H,2-3,6-8H2,1H3,(H,15,16). The minimum atomic E-state index is -3.60. The number of sulfonamides is 1. The predicted molar refractivity (Wildman–Crippen MR) is 80.4 cm³/mol. The second kappa shape index (κ2) is 5.75. The molecule has 0 saturated carbocycles. The van der Waals surface area contributed by atoms with E-state index in [4.69, 9.17) is 0 Å². The summed E-state index contributed by atoms with van der Waals surface area (Å²) in [5, 5.41) is 9.42. The quantitative estimate of drug-likeness (QED) is 0.869. The highest BCUT2D eigenvalue weighted by molar-refractivity contribution is 9.11. The number of carbonyl (C=O) groups is 1. The van der Waals surface area contributed by atoms with Crippen LogP contribution in [-0.4, -0.2) is 36.9 Å². The van der Waals surface area contributed by atoms with Gasteiger partial charge in [0.1, 0.15) is 4.21 Å². The number of carboxylic acid groups (broad SMARTS) is 1. The topological polar surface area (TPSA) is 74.7 Å². The molecule has 0 aromatic carbocycles. The Labute approximate surface area is 130 Å². The molecule has 0 amide bonds. The normalized spacial score (nSPS) is 24.7. The molecule has 20 heavy (non-hydrogen) atoms. The molecule has 1 unspecified atom stereocenters. The van der Waals surface area contributed by atoms with E-state index in [1.807, 2.05) is 0 Å². The molecule has 0 aliphatic carbocycles. The van der Waals surface area contributed by atoms with Gasteiger partial charge in [-0.1, -0.05) is 6.92 Å². The molecule has 1 atom stereocenters. The molecule has 112 valence electrons. The van der Waals surface area contributed by atoms with Gasteiger partial charge in [0.05, 0.1) is 9.20 Å². The molecule has 1 fully saturated rings. The molecular weight excluding hydrogens is 366 g/mol. The Balaban J connectivity index is 2.31. The van der Waals surface area contributed by atoms with Gasteiger partial charge in [0, 0.05) is 13.1 Å². The fourth-order valence-corrected chi connectivity index (χ4v) is 6.20. The molecule has 8 heteroatoms. The highest BCUT2D eigenvalue weighted by atomic mass is 79.9. The maximum atomic E-state index is 12.5. The lowest BCUT2D eigenvalue weighted by Gasteiger charge is -2.38. The Morgan fingerprint density at radius 3 is 2.75 bits per heavy atom. The number of hydrogen-bond donors (Lipinski definition) is 1. The van der Waals surface area contributed by atoms with Crippen molar-refractivity contribution in [1.29, 1.82) is 0 Å². The smallest absolute Gasteiger partial charge is 0.310 e. The minimum Gasteiger partial charge on any atom is -0.481 e. The molecule has 0 radical (unpaired) electrons. The first-order valence-electron chi connectivity index (χ1n) is 6.31. The zero-order chi connectivity index (χ0) is 15.0. The second-order valence-corrected chi connectivity index (χ2v) is 9.57. The van der Waals surface area contributed by atoms with E-state index in [0.29, 0.717) is 25.8 Å². The van der Waals surface area contributed by atoms with Crippen LogP contribution >= 0.6 is 27.3 Å². The number of hydrogen-bond acceptors (Lipinski definition) is 4. The van der Waals surface area contributed by atoms with Crippen LogP contribution in [0.4, 0.5) is 0 Å². The maximum Gasteiger partial charge on any atom is 0.310 e. The number of carboxylic acids is 1. The van der Waals surface area contributed by atoms with Gasteiger partial charge < -0.3 is 5.11 Å². The lowest BCUT2D eigenvalue weighted by Crippen LogP contribution is -2.49. The molecule has 2 rings (SSSR count). The zero-order valence-corrected chi connectivity index (χ0v) is 14.2. The van der Waals surface area contributed by atoms with Gasteiger partial charge in [0.2, 0.25) is 0 Å². The third kappa shape index (κ3) is 2.79. The van der Waals surface area contributed by atoms with Gasteiger partial charge in [-0.05, 0) is 47.3 Å². The molecule has 0 bridgehead atoms. The van der Waals surface area contributed by atoms with E-state index in [-0.39, 0.29) is 10.8 Å². The molecule has 1 N–H and O–H groups in total. The number of piperidine rings is 1. The molecular formula is C12H16BrNO4S2. The molecule has 1 aromatic rings. The van der Waals surface area contributed by atoms with Gasteiger partial charge in [-0.3, -0.25) is 4.79 Å². The second-order valence-electron chi connectivity index (χ2n) is 4.94. The van der Waals surface area contributed by atoms with Crippen molar-refractivity contribution >= 4 is 43.3 Å². The number of halogens is 1. The van der Waals surface area contributed by atoms with Crippen LogP contribution in [0.1, 0.15) is 26.2 Å². The Hall–Kier alpha value is -0.440. The van der Waals surface area contributed by atoms with Crippen molar-refractivity contribution in [3.05, 3.63) is 15.9 Å². The van der Waals surface area contributed by atoms with E-state index in [1.54, 1.807) is 19.1 Å². The van der Waals surface area contributed by atoms with Gasteiger partial charge in [-0.15, -0.1) is 11.3 Å². The number of nitrogens with zero attached hydrogens (tertiary/aromatic N) is 1. The summed E-state index contributed by atoms with van der Waals surface area (Å²) >= 11 is 4.39. The zero-order valence-electron chi connectivity index (χ0n) is 11.0. The highest BCUT2D eigenvalue weighted by Crippen LogP contribution is 2.37. The molecule has 2 heterocycles. The van der Waals surface area contributed by atoms with E-state index in [0.717, 1.165) is 15.1 Å². The molecule has 1 saturated heterocycles. The summed E-state index contributed by atoms with van der Waals surface area (Å²) in [6, 6.07) is 3.23. The van der Waals surface area contributed by atoms with Crippen molar-refractivity contribution in [2.75, 3.05) is 13.1 Å². The molecule has 1 aliphatic heterocycles. The van der Waals surface area contributed by atoms with E-state index in [9.17, 15) is 18.3 Å². The van der Waals surface area contributed by atoms with E-state index in [1.165, 1.54) is 4.31 Å². The first-order chi connectivity index (χ1) is 9.32. The average Bonchev–Trinajstić information content (AvgIpc) is 2.86. The van der Waals surface area contributed by atoms with E-state index in [2.05, 4.69) is 15.9 Å². The summed E-state index contributed by atoms with van der Waals surface area (Å²) < 4.78 is 27.4. The van der Waals surface area contributed by atoms with Gasteiger partial charge in [0.15, 0.2) is 0 Å². The van der Waals surface area contributed by atoms with Crippen molar-refractivity contribution in [3.8, 4) is 0 Å². The van der Waals surface area contributed by atoms with Gasteiger partial charge in [0.25, 0.3) is 10.0 Å². The third-order valence-corrected chi connectivity index (χ3v) is 7.75. The molecule has 5 nitrogen and oxygen atoms in total. The summed E-state index contributed by atoms with van der Waals surface area (Å²) in [4.78, 5) is 11.5. The summed E-state index contributed by atoms with van der Waals surface area (Å²) in [6.07, 6.45) is 1.54. The van der Waals surface area contributed by atoms with Crippen LogP contribution in [0.5, 0.6) is 0 Å². The number of aliphatic carboxylic acids is 1. The lowest BCUT2D eigenvalue weighted by atomic mass is 9.78. The number of rotatable bonds is 4. The van der Waals surface area contributed by atoms with Gasteiger partial charge in [-0.2, -0.15) is 4.31 Å². The monoisotopic (exact) mass is 381 g/mol. The molecule has 1 aromatic heterocycles. The van der Waals surface area contributed by atoms with Crippen LogP contribution in [0.3, 0.4) is 0 Å². The van der Waals surface area contributed by atoms with Crippen LogP contribution in [0.2, 0.25) is 0 Å². The average molecular weight is 382 g/mol. The van der Waals surface area contributed by atoms with Crippen LogP contribution in [0.15, 0.2) is 20.1 Å². The summed E-state index contributed by atoms with van der Waals surface area (Å²) in [5.74, 6) is -0.910. The minimum absolute atomic E-state index is 0.0523. The Kier molecular flexibility index (Phi) is 4.58. The maximum absolute atomic E-state index is 12.5. The first-order valence-corrected chi connectivity index (χ1v) is 9.36. The van der Waals surface area contributed by atoms with Crippen LogP contribution in [0, 0.1) is 5.41 Å². The summed E-state index contributed by atoms with van der Waals surface area (Å²) in [7, 11) is -3.60.